The van der Waals surface area contributed by atoms with Crippen LogP contribution in [-0.4, -0.2) is 48.9 Å². The molecule has 0 heterocycles. The minimum absolute atomic E-state index is 0.0139. The third-order valence-corrected chi connectivity index (χ3v) is 2.39. The van der Waals surface area contributed by atoms with Gasteiger partial charge in [-0.05, 0) is 27.3 Å². The van der Waals surface area contributed by atoms with Gasteiger partial charge in [0.2, 0.25) is 11.8 Å². The first-order valence-electron chi connectivity index (χ1n) is 6.44. The normalized spacial score (nSPS) is 13.0. The number of likely N-dealkylation sites (N-methyl/N-ethyl adjacent to an activating group) is 1. The summed E-state index contributed by atoms with van der Waals surface area (Å²) >= 11 is 0. The van der Waals surface area contributed by atoms with E-state index >= 15 is 0 Å². The minimum atomic E-state index is -0.268. The second kappa shape index (κ2) is 7.36. The predicted octanol–water partition coefficient (Wildman–Crippen LogP) is 0.605. The van der Waals surface area contributed by atoms with Crippen LogP contribution in [-0.2, 0) is 9.59 Å². The predicted molar refractivity (Wildman–Crippen MR) is 73.2 cm³/mol. The van der Waals surface area contributed by atoms with Gasteiger partial charge in [0.05, 0.1) is 6.54 Å². The fourth-order valence-electron chi connectivity index (χ4n) is 1.58. The number of carbonyl (C=O) groups is 2. The largest absolute Gasteiger partial charge is 0.350 e. The Labute approximate surface area is 110 Å². The van der Waals surface area contributed by atoms with E-state index < -0.39 is 0 Å². The molecule has 1 unspecified atom stereocenters. The Balaban J connectivity index is 4.19. The summed E-state index contributed by atoms with van der Waals surface area (Å²) in [5.74, 6) is -0.258. The lowest BCUT2D eigenvalue weighted by molar-refractivity contribution is -0.137. The van der Waals surface area contributed by atoms with Crippen LogP contribution in [0.3, 0.4) is 0 Å². The van der Waals surface area contributed by atoms with E-state index in [0.717, 1.165) is 6.54 Å². The van der Waals surface area contributed by atoms with Crippen molar-refractivity contribution in [2.75, 3.05) is 26.7 Å². The molecule has 2 N–H and O–H groups in total. The fraction of sp³-hybridized carbons (Fsp3) is 0.846. The zero-order valence-corrected chi connectivity index (χ0v) is 12.5. The Morgan fingerprint density at radius 2 is 1.83 bits per heavy atom. The van der Waals surface area contributed by atoms with E-state index in [1.54, 1.807) is 7.05 Å². The van der Waals surface area contributed by atoms with Gasteiger partial charge < -0.3 is 15.5 Å². The van der Waals surface area contributed by atoms with Gasteiger partial charge in [0, 0.05) is 25.0 Å². The lowest BCUT2D eigenvalue weighted by Crippen LogP contribution is -2.47. The Hall–Kier alpha value is -1.10. The van der Waals surface area contributed by atoms with Crippen LogP contribution in [0.25, 0.3) is 0 Å². The van der Waals surface area contributed by atoms with Crippen LogP contribution >= 0.6 is 0 Å². The Morgan fingerprint density at radius 3 is 2.28 bits per heavy atom. The summed E-state index contributed by atoms with van der Waals surface area (Å²) in [5.41, 5.74) is -0.268. The van der Waals surface area contributed by atoms with Gasteiger partial charge in [0.15, 0.2) is 0 Å². The molecule has 5 heteroatoms. The molecule has 0 saturated heterocycles. The zero-order chi connectivity index (χ0) is 14.3. The van der Waals surface area contributed by atoms with E-state index in [4.69, 9.17) is 0 Å². The fourth-order valence-corrected chi connectivity index (χ4v) is 1.58. The maximum atomic E-state index is 12.0. The van der Waals surface area contributed by atoms with E-state index in [2.05, 4.69) is 10.6 Å². The molecule has 0 rings (SSSR count). The minimum Gasteiger partial charge on any atom is -0.350 e. The second-order valence-corrected chi connectivity index (χ2v) is 5.70. The highest BCUT2D eigenvalue weighted by Gasteiger charge is 2.21. The summed E-state index contributed by atoms with van der Waals surface area (Å²) in [4.78, 5) is 25.1. The van der Waals surface area contributed by atoms with Crippen LogP contribution in [0.2, 0.25) is 0 Å². The van der Waals surface area contributed by atoms with Crippen LogP contribution in [0.4, 0.5) is 0 Å². The van der Waals surface area contributed by atoms with Gasteiger partial charge in [-0.3, -0.25) is 9.59 Å². The standard InChI is InChI=1S/C13H27N3O2/c1-7-14-8-10(2)12(18)16(6)9-11(17)15-13(3,4)5/h10,14H,7-9H2,1-6H3,(H,15,17). The van der Waals surface area contributed by atoms with Crippen molar-refractivity contribution in [3.05, 3.63) is 0 Å². The summed E-state index contributed by atoms with van der Waals surface area (Å²) in [7, 11) is 1.66. The summed E-state index contributed by atoms with van der Waals surface area (Å²) in [6.07, 6.45) is 0. The highest BCUT2D eigenvalue weighted by molar-refractivity contribution is 5.85. The molecular formula is C13H27N3O2. The monoisotopic (exact) mass is 257 g/mol. The molecule has 0 aromatic rings. The highest BCUT2D eigenvalue weighted by atomic mass is 16.2. The number of nitrogens with zero attached hydrogens (tertiary/aromatic N) is 1. The van der Waals surface area contributed by atoms with Crippen molar-refractivity contribution in [3.8, 4) is 0 Å². The van der Waals surface area contributed by atoms with Gasteiger partial charge in [-0.1, -0.05) is 13.8 Å². The van der Waals surface area contributed by atoms with Gasteiger partial charge in [0.1, 0.15) is 0 Å². The number of hydrogen-bond acceptors (Lipinski definition) is 3. The molecular weight excluding hydrogens is 230 g/mol. The molecule has 0 bridgehead atoms. The first kappa shape index (κ1) is 16.9. The molecule has 1 atom stereocenters. The van der Waals surface area contributed by atoms with Crippen LogP contribution < -0.4 is 10.6 Å². The van der Waals surface area contributed by atoms with Crippen LogP contribution in [0, 0.1) is 5.92 Å². The maximum Gasteiger partial charge on any atom is 0.240 e. The Morgan fingerprint density at radius 1 is 1.28 bits per heavy atom. The summed E-state index contributed by atoms with van der Waals surface area (Å²) < 4.78 is 0. The van der Waals surface area contributed by atoms with Gasteiger partial charge in [-0.15, -0.1) is 0 Å². The van der Waals surface area contributed by atoms with Crippen LogP contribution in [0.1, 0.15) is 34.6 Å². The SMILES string of the molecule is CCNCC(C)C(=O)N(C)CC(=O)NC(C)(C)C. The lowest BCUT2D eigenvalue weighted by atomic mass is 10.1. The van der Waals surface area contributed by atoms with Crippen molar-refractivity contribution >= 4 is 11.8 Å². The number of hydrogen-bond donors (Lipinski definition) is 2. The van der Waals surface area contributed by atoms with Gasteiger partial charge in [-0.2, -0.15) is 0 Å². The molecule has 0 aliphatic carbocycles. The van der Waals surface area contributed by atoms with Gasteiger partial charge >= 0.3 is 0 Å². The summed E-state index contributed by atoms with van der Waals surface area (Å²) in [6, 6.07) is 0. The van der Waals surface area contributed by atoms with Crippen molar-refractivity contribution in [1.82, 2.24) is 15.5 Å². The van der Waals surface area contributed by atoms with Gasteiger partial charge in [-0.25, -0.2) is 0 Å². The van der Waals surface area contributed by atoms with E-state index in [0.29, 0.717) is 6.54 Å². The first-order chi connectivity index (χ1) is 8.17. The number of nitrogens with one attached hydrogen (secondary N) is 2. The average molecular weight is 257 g/mol. The molecule has 0 saturated carbocycles. The van der Waals surface area contributed by atoms with Crippen molar-refractivity contribution in [3.63, 3.8) is 0 Å². The third-order valence-electron chi connectivity index (χ3n) is 2.39. The molecule has 0 aliphatic heterocycles. The molecule has 5 nitrogen and oxygen atoms in total. The van der Waals surface area contributed by atoms with E-state index in [1.807, 2.05) is 34.6 Å². The van der Waals surface area contributed by atoms with Crippen molar-refractivity contribution in [2.24, 2.45) is 5.92 Å². The second-order valence-electron chi connectivity index (χ2n) is 5.70. The quantitative estimate of drug-likeness (QED) is 0.733. The van der Waals surface area contributed by atoms with Crippen molar-refractivity contribution < 1.29 is 9.59 Å². The third kappa shape index (κ3) is 7.27. The summed E-state index contributed by atoms with van der Waals surface area (Å²) in [5, 5.41) is 5.97. The first-order valence-corrected chi connectivity index (χ1v) is 6.44. The Kier molecular flexibility index (Phi) is 6.91. The van der Waals surface area contributed by atoms with Crippen molar-refractivity contribution in [1.29, 1.82) is 0 Å². The number of amides is 2. The topological polar surface area (TPSA) is 61.4 Å². The summed E-state index contributed by atoms with van der Waals surface area (Å²) in [6.45, 7) is 11.2. The van der Waals surface area contributed by atoms with Gasteiger partial charge in [0.25, 0.3) is 0 Å². The van der Waals surface area contributed by atoms with E-state index in [-0.39, 0.29) is 29.8 Å². The van der Waals surface area contributed by atoms with Crippen molar-refractivity contribution in [2.45, 2.75) is 40.2 Å². The molecule has 0 radical (unpaired) electrons. The molecule has 18 heavy (non-hydrogen) atoms. The van der Waals surface area contributed by atoms with E-state index in [1.165, 1.54) is 4.90 Å². The van der Waals surface area contributed by atoms with Crippen LogP contribution in [0.5, 0.6) is 0 Å². The molecule has 0 aromatic carbocycles. The molecule has 0 aromatic heterocycles. The molecule has 0 aliphatic rings. The molecule has 0 fully saturated rings. The number of carbonyl (C=O) groups excluding carboxylic acids is 2. The highest BCUT2D eigenvalue weighted by Crippen LogP contribution is 2.01. The zero-order valence-electron chi connectivity index (χ0n) is 12.5. The molecule has 0 spiro atoms. The average Bonchev–Trinajstić information content (AvgIpc) is 2.21. The molecule has 106 valence electrons. The maximum absolute atomic E-state index is 12.0. The Bertz CT molecular complexity index is 284. The smallest absolute Gasteiger partial charge is 0.240 e. The number of rotatable bonds is 6. The molecule has 2 amide bonds. The lowest BCUT2D eigenvalue weighted by Gasteiger charge is -2.25. The van der Waals surface area contributed by atoms with E-state index in [9.17, 15) is 9.59 Å². The van der Waals surface area contributed by atoms with Crippen LogP contribution in [0.15, 0.2) is 0 Å².